The lowest BCUT2D eigenvalue weighted by Gasteiger charge is -2.49. The highest BCUT2D eigenvalue weighted by atomic mass is 16.2. The number of ketones is 1. The van der Waals surface area contributed by atoms with Crippen LogP contribution in [0.2, 0.25) is 0 Å². The Hall–Kier alpha value is -2.17. The molecular formula is C21H26N2O3. The van der Waals surface area contributed by atoms with Gasteiger partial charge in [-0.05, 0) is 43.9 Å². The lowest BCUT2D eigenvalue weighted by atomic mass is 9.59. The minimum atomic E-state index is -0.822. The standard InChI is InChI=1S/C21H26N2O3/c1-21(17-12-14-8-10-15(17)11-9-14)19(25)23(20(26)22(21)2)13-18(24)16-6-4-3-5-7-16/h3-7,14-15,17H,8-13H2,1-2H3/t14-,15-,17?,21?. The predicted octanol–water partition coefficient (Wildman–Crippen LogP) is 3.35. The van der Waals surface area contributed by atoms with Crippen LogP contribution < -0.4 is 0 Å². The lowest BCUT2D eigenvalue weighted by Crippen LogP contribution is -2.56. The van der Waals surface area contributed by atoms with Gasteiger partial charge >= 0.3 is 6.03 Å². The molecule has 26 heavy (non-hydrogen) atoms. The Morgan fingerprint density at radius 3 is 2.35 bits per heavy atom. The van der Waals surface area contributed by atoms with Crippen molar-refractivity contribution in [1.29, 1.82) is 0 Å². The number of imide groups is 1. The summed E-state index contributed by atoms with van der Waals surface area (Å²) >= 11 is 0. The molecule has 1 aromatic carbocycles. The van der Waals surface area contributed by atoms with E-state index in [1.54, 1.807) is 36.2 Å². The summed E-state index contributed by atoms with van der Waals surface area (Å²) in [6.45, 7) is 1.73. The summed E-state index contributed by atoms with van der Waals surface area (Å²) in [5.41, 5.74) is -0.293. The number of fused-ring (bicyclic) bond motifs is 3. The number of likely N-dealkylation sites (N-methyl/N-ethyl adjacent to an activating group) is 1. The predicted molar refractivity (Wildman–Crippen MR) is 97.6 cm³/mol. The van der Waals surface area contributed by atoms with Gasteiger partial charge in [-0.2, -0.15) is 0 Å². The molecule has 2 bridgehead atoms. The molecule has 1 aliphatic heterocycles. The number of nitrogens with zero attached hydrogens (tertiary/aromatic N) is 2. The van der Waals surface area contributed by atoms with Crippen LogP contribution in [0.1, 0.15) is 49.4 Å². The highest BCUT2D eigenvalue weighted by Gasteiger charge is 2.60. The zero-order valence-electron chi connectivity index (χ0n) is 15.5. The van der Waals surface area contributed by atoms with E-state index in [1.165, 1.54) is 12.8 Å². The summed E-state index contributed by atoms with van der Waals surface area (Å²) in [5, 5.41) is 0. The van der Waals surface area contributed by atoms with E-state index < -0.39 is 5.54 Å². The molecule has 1 saturated heterocycles. The molecule has 0 radical (unpaired) electrons. The molecule has 5 heteroatoms. The van der Waals surface area contributed by atoms with E-state index in [0.717, 1.165) is 24.2 Å². The van der Waals surface area contributed by atoms with E-state index in [-0.39, 0.29) is 30.2 Å². The molecule has 4 aliphatic rings. The summed E-state index contributed by atoms with van der Waals surface area (Å²) in [7, 11) is 1.72. The SMILES string of the molecule is CN1C(=O)N(CC(=O)c2ccccc2)C(=O)C1(C)C1C[C@H]2CC[C@H]1CC2. The van der Waals surface area contributed by atoms with E-state index in [2.05, 4.69) is 0 Å². The summed E-state index contributed by atoms with van der Waals surface area (Å²) in [6, 6.07) is 8.51. The van der Waals surface area contributed by atoms with Crippen LogP contribution >= 0.6 is 0 Å². The van der Waals surface area contributed by atoms with Crippen LogP contribution in [-0.4, -0.2) is 46.7 Å². The monoisotopic (exact) mass is 354 g/mol. The molecule has 0 aromatic heterocycles. The third kappa shape index (κ3) is 2.48. The number of hydrogen-bond donors (Lipinski definition) is 0. The number of Topliss-reactive ketones (excluding diaryl/α,β-unsaturated/α-hetero) is 1. The molecular weight excluding hydrogens is 328 g/mol. The molecule has 5 rings (SSSR count). The maximum Gasteiger partial charge on any atom is 0.327 e. The number of hydrogen-bond acceptors (Lipinski definition) is 3. The smallest absolute Gasteiger partial charge is 0.313 e. The van der Waals surface area contributed by atoms with Gasteiger partial charge in [-0.3, -0.25) is 14.5 Å². The summed E-state index contributed by atoms with van der Waals surface area (Å²) in [6.07, 6.45) is 5.83. The number of carbonyl (C=O) groups is 3. The van der Waals surface area contributed by atoms with E-state index >= 15 is 0 Å². The van der Waals surface area contributed by atoms with Crippen LogP contribution in [0.4, 0.5) is 4.79 Å². The van der Waals surface area contributed by atoms with Gasteiger partial charge in [0.15, 0.2) is 5.78 Å². The third-order valence-electron chi connectivity index (χ3n) is 7.06. The van der Waals surface area contributed by atoms with E-state index in [0.29, 0.717) is 17.4 Å². The maximum absolute atomic E-state index is 13.3. The van der Waals surface area contributed by atoms with Crippen LogP contribution in [0.5, 0.6) is 0 Å². The topological polar surface area (TPSA) is 57.7 Å². The van der Waals surface area contributed by atoms with Crippen LogP contribution in [0, 0.1) is 17.8 Å². The van der Waals surface area contributed by atoms with Crippen LogP contribution in [-0.2, 0) is 4.79 Å². The van der Waals surface area contributed by atoms with Gasteiger partial charge in [0.2, 0.25) is 0 Å². The normalized spacial score (nSPS) is 33.8. The molecule has 138 valence electrons. The molecule has 0 N–H and O–H groups in total. The minimum Gasteiger partial charge on any atom is -0.313 e. The van der Waals surface area contributed by atoms with Crippen LogP contribution in [0.25, 0.3) is 0 Å². The second kappa shape index (κ2) is 6.22. The van der Waals surface area contributed by atoms with Gasteiger partial charge in [-0.25, -0.2) is 4.79 Å². The molecule has 1 aromatic rings. The minimum absolute atomic E-state index is 0.178. The zero-order valence-corrected chi connectivity index (χ0v) is 15.5. The van der Waals surface area contributed by atoms with Gasteiger partial charge in [0, 0.05) is 12.6 Å². The average Bonchev–Trinajstić information content (AvgIpc) is 2.85. The van der Waals surface area contributed by atoms with Crippen molar-refractivity contribution in [3.8, 4) is 0 Å². The first-order chi connectivity index (χ1) is 12.4. The van der Waals surface area contributed by atoms with Gasteiger partial charge < -0.3 is 4.90 Å². The molecule has 4 fully saturated rings. The van der Waals surface area contributed by atoms with Crippen molar-refractivity contribution >= 4 is 17.7 Å². The quantitative estimate of drug-likeness (QED) is 0.615. The third-order valence-corrected chi connectivity index (χ3v) is 7.06. The van der Waals surface area contributed by atoms with Crippen molar-refractivity contribution in [3.63, 3.8) is 0 Å². The highest BCUT2D eigenvalue weighted by molar-refractivity contribution is 6.11. The first kappa shape index (κ1) is 17.3. The Bertz CT molecular complexity index is 739. The Labute approximate surface area is 154 Å². The first-order valence-electron chi connectivity index (χ1n) is 9.61. The molecule has 0 spiro atoms. The fraction of sp³-hybridized carbons (Fsp3) is 0.571. The second-order valence-corrected chi connectivity index (χ2v) is 8.29. The van der Waals surface area contributed by atoms with Crippen molar-refractivity contribution < 1.29 is 14.4 Å². The van der Waals surface area contributed by atoms with Gasteiger partial charge in [-0.15, -0.1) is 0 Å². The number of carbonyl (C=O) groups excluding carboxylic acids is 3. The number of benzene rings is 1. The highest BCUT2D eigenvalue weighted by Crippen LogP contribution is 2.52. The number of amides is 3. The Morgan fingerprint density at radius 1 is 1.12 bits per heavy atom. The Kier molecular flexibility index (Phi) is 4.13. The van der Waals surface area contributed by atoms with Crippen molar-refractivity contribution in [2.45, 2.75) is 44.6 Å². The largest absolute Gasteiger partial charge is 0.327 e. The molecule has 3 amide bonds. The molecule has 3 saturated carbocycles. The molecule has 2 unspecified atom stereocenters. The van der Waals surface area contributed by atoms with Gasteiger partial charge in [-0.1, -0.05) is 43.2 Å². The van der Waals surface area contributed by atoms with Crippen molar-refractivity contribution in [2.24, 2.45) is 17.8 Å². The van der Waals surface area contributed by atoms with Crippen LogP contribution in [0.15, 0.2) is 30.3 Å². The Morgan fingerprint density at radius 2 is 1.77 bits per heavy atom. The average molecular weight is 354 g/mol. The van der Waals surface area contributed by atoms with Crippen molar-refractivity contribution in [1.82, 2.24) is 9.80 Å². The second-order valence-electron chi connectivity index (χ2n) is 8.29. The zero-order chi connectivity index (χ0) is 18.5. The van der Waals surface area contributed by atoms with E-state index in [1.807, 2.05) is 13.0 Å². The van der Waals surface area contributed by atoms with Crippen molar-refractivity contribution in [2.75, 3.05) is 13.6 Å². The van der Waals surface area contributed by atoms with Gasteiger partial charge in [0.25, 0.3) is 5.91 Å². The summed E-state index contributed by atoms with van der Waals surface area (Å²) in [4.78, 5) is 41.4. The molecule has 5 nitrogen and oxygen atoms in total. The van der Waals surface area contributed by atoms with Crippen LogP contribution in [0.3, 0.4) is 0 Å². The van der Waals surface area contributed by atoms with E-state index in [4.69, 9.17) is 0 Å². The van der Waals surface area contributed by atoms with E-state index in [9.17, 15) is 14.4 Å². The Balaban J connectivity index is 1.58. The maximum atomic E-state index is 13.3. The lowest BCUT2D eigenvalue weighted by molar-refractivity contribution is -0.138. The molecule has 1 heterocycles. The number of rotatable bonds is 4. The fourth-order valence-corrected chi connectivity index (χ4v) is 5.36. The fourth-order valence-electron chi connectivity index (χ4n) is 5.36. The molecule has 3 aliphatic carbocycles. The van der Waals surface area contributed by atoms with Gasteiger partial charge in [0.1, 0.15) is 5.54 Å². The summed E-state index contributed by atoms with van der Waals surface area (Å²) in [5.74, 6) is 0.988. The number of urea groups is 1. The summed E-state index contributed by atoms with van der Waals surface area (Å²) < 4.78 is 0. The first-order valence-corrected chi connectivity index (χ1v) is 9.61. The molecule has 2 atom stereocenters. The van der Waals surface area contributed by atoms with Gasteiger partial charge in [0.05, 0.1) is 6.54 Å². The van der Waals surface area contributed by atoms with Crippen molar-refractivity contribution in [3.05, 3.63) is 35.9 Å².